The molecular formula is C4H7NOS2. The van der Waals surface area contributed by atoms with Crippen LogP contribution < -0.4 is 0 Å². The van der Waals surface area contributed by atoms with Crippen molar-refractivity contribution in [1.29, 1.82) is 0 Å². The molecule has 1 heterocycles. The highest BCUT2D eigenvalue weighted by atomic mass is 32.1. The third-order valence-corrected chi connectivity index (χ3v) is 2.03. The minimum Gasteiger partial charge on any atom is -0.288 e. The molecule has 0 aromatic carbocycles. The van der Waals surface area contributed by atoms with Gasteiger partial charge in [0.05, 0.1) is 5.25 Å². The lowest BCUT2D eigenvalue weighted by Gasteiger charge is -2.02. The number of carbonyl (C=O) groups excluding carboxylic acids is 1. The first kappa shape index (κ1) is 6.29. The average molecular weight is 149 g/mol. The molecule has 1 atom stereocenters. The van der Waals surface area contributed by atoms with E-state index in [0.717, 1.165) is 13.0 Å². The van der Waals surface area contributed by atoms with Gasteiger partial charge in [-0.25, -0.2) is 0 Å². The van der Waals surface area contributed by atoms with Gasteiger partial charge in [0.2, 0.25) is 5.91 Å². The van der Waals surface area contributed by atoms with Crippen molar-refractivity contribution in [3.8, 4) is 0 Å². The molecule has 4 heteroatoms. The van der Waals surface area contributed by atoms with Crippen LogP contribution in [0.3, 0.4) is 0 Å². The molecule has 0 aromatic heterocycles. The van der Waals surface area contributed by atoms with E-state index in [9.17, 15) is 4.79 Å². The van der Waals surface area contributed by atoms with Crippen molar-refractivity contribution in [2.24, 2.45) is 0 Å². The molecule has 1 fully saturated rings. The molecule has 1 aliphatic heterocycles. The molecule has 0 saturated carbocycles. The fourth-order valence-corrected chi connectivity index (χ4v) is 1.25. The van der Waals surface area contributed by atoms with Crippen LogP contribution in [0, 0.1) is 0 Å². The zero-order valence-electron chi connectivity index (χ0n) is 4.24. The van der Waals surface area contributed by atoms with Gasteiger partial charge in [0.1, 0.15) is 0 Å². The topological polar surface area (TPSA) is 20.3 Å². The number of hydrogen-bond acceptors (Lipinski definition) is 3. The number of thiol groups is 2. The van der Waals surface area contributed by atoms with E-state index in [1.807, 2.05) is 0 Å². The van der Waals surface area contributed by atoms with Crippen LogP contribution in [0.2, 0.25) is 0 Å². The summed E-state index contributed by atoms with van der Waals surface area (Å²) in [5.41, 5.74) is 0. The van der Waals surface area contributed by atoms with Gasteiger partial charge < -0.3 is 0 Å². The summed E-state index contributed by atoms with van der Waals surface area (Å²) in [6.45, 7) is 0.732. The molecular weight excluding hydrogens is 142 g/mol. The second-order valence-electron chi connectivity index (χ2n) is 1.77. The molecule has 2 nitrogen and oxygen atoms in total. The van der Waals surface area contributed by atoms with Crippen LogP contribution in [0.25, 0.3) is 0 Å². The van der Waals surface area contributed by atoms with Gasteiger partial charge in [0, 0.05) is 6.54 Å². The molecule has 0 radical (unpaired) electrons. The maximum absolute atomic E-state index is 10.7. The first-order valence-corrected chi connectivity index (χ1v) is 3.32. The zero-order valence-corrected chi connectivity index (χ0v) is 6.03. The normalized spacial score (nSPS) is 29.5. The highest BCUT2D eigenvalue weighted by Gasteiger charge is 2.25. The van der Waals surface area contributed by atoms with Crippen LogP contribution in [-0.2, 0) is 4.79 Å². The lowest BCUT2D eigenvalue weighted by atomic mass is 10.4. The predicted octanol–water partition coefficient (Wildman–Crippen LogP) is 0.362. The Morgan fingerprint density at radius 3 is 2.50 bits per heavy atom. The van der Waals surface area contributed by atoms with Crippen LogP contribution in [0.1, 0.15) is 6.42 Å². The highest BCUT2D eigenvalue weighted by Crippen LogP contribution is 2.16. The Hall–Kier alpha value is 0.170. The van der Waals surface area contributed by atoms with Crippen molar-refractivity contribution in [3.05, 3.63) is 0 Å². The first-order chi connectivity index (χ1) is 3.72. The Labute approximate surface area is 59.2 Å². The number of rotatable bonds is 0. The molecule has 0 N–H and O–H groups in total. The van der Waals surface area contributed by atoms with Crippen molar-refractivity contribution in [2.45, 2.75) is 11.7 Å². The summed E-state index contributed by atoms with van der Waals surface area (Å²) in [4.78, 5) is 10.7. The van der Waals surface area contributed by atoms with Crippen molar-refractivity contribution < 1.29 is 4.79 Å². The fourth-order valence-electron chi connectivity index (χ4n) is 0.650. The van der Waals surface area contributed by atoms with Crippen molar-refractivity contribution in [1.82, 2.24) is 4.31 Å². The summed E-state index contributed by atoms with van der Waals surface area (Å²) in [7, 11) is 0. The minimum atomic E-state index is -0.104. The first-order valence-electron chi connectivity index (χ1n) is 2.40. The number of amides is 1. The van der Waals surface area contributed by atoms with E-state index >= 15 is 0 Å². The summed E-state index contributed by atoms with van der Waals surface area (Å²) in [6.07, 6.45) is 0.825. The Bertz CT molecular complexity index is 105. The van der Waals surface area contributed by atoms with Gasteiger partial charge in [-0.1, -0.05) is 12.8 Å². The second kappa shape index (κ2) is 2.19. The molecule has 1 saturated heterocycles. The molecule has 1 unspecified atom stereocenters. The molecule has 8 heavy (non-hydrogen) atoms. The predicted molar refractivity (Wildman–Crippen MR) is 38.1 cm³/mol. The van der Waals surface area contributed by atoms with E-state index in [2.05, 4.69) is 25.4 Å². The Morgan fingerprint density at radius 1 is 1.75 bits per heavy atom. The lowest BCUT2D eigenvalue weighted by Crippen LogP contribution is -2.17. The standard InChI is InChI=1S/C4H7NOS2/c6-4-3(7)1-2-5(4)8/h3,7-8H,1-2H2. The van der Waals surface area contributed by atoms with Crippen molar-refractivity contribution in [3.63, 3.8) is 0 Å². The molecule has 46 valence electrons. The third kappa shape index (κ3) is 0.951. The smallest absolute Gasteiger partial charge is 0.245 e. The minimum absolute atomic E-state index is 0.0247. The van der Waals surface area contributed by atoms with Crippen LogP contribution in [-0.4, -0.2) is 22.0 Å². The summed E-state index contributed by atoms with van der Waals surface area (Å²) in [5, 5.41) is -0.104. The average Bonchev–Trinajstić information content (AvgIpc) is 1.98. The van der Waals surface area contributed by atoms with E-state index in [0.29, 0.717) is 0 Å². The van der Waals surface area contributed by atoms with Crippen molar-refractivity contribution >= 4 is 31.4 Å². The van der Waals surface area contributed by atoms with Gasteiger partial charge in [-0.05, 0) is 6.42 Å². The summed E-state index contributed by atoms with van der Waals surface area (Å²) >= 11 is 7.89. The Kier molecular flexibility index (Phi) is 1.72. The number of carbonyl (C=O) groups is 1. The SMILES string of the molecule is O=C1C(S)CCN1S. The van der Waals surface area contributed by atoms with E-state index < -0.39 is 0 Å². The molecule has 0 spiro atoms. The van der Waals surface area contributed by atoms with E-state index in [1.54, 1.807) is 0 Å². The molecule has 0 aromatic rings. The summed E-state index contributed by atoms with van der Waals surface area (Å²) < 4.78 is 1.40. The number of nitrogens with zero attached hydrogens (tertiary/aromatic N) is 1. The van der Waals surface area contributed by atoms with Crippen molar-refractivity contribution in [2.75, 3.05) is 6.54 Å². The van der Waals surface area contributed by atoms with Gasteiger partial charge in [0.25, 0.3) is 0 Å². The lowest BCUT2D eigenvalue weighted by molar-refractivity contribution is -0.122. The molecule has 0 aliphatic carbocycles. The van der Waals surface area contributed by atoms with Crippen LogP contribution in [0.4, 0.5) is 0 Å². The molecule has 1 amide bonds. The molecule has 1 rings (SSSR count). The third-order valence-electron chi connectivity index (χ3n) is 1.15. The fraction of sp³-hybridized carbons (Fsp3) is 0.750. The Balaban J connectivity index is 2.57. The summed E-state index contributed by atoms with van der Waals surface area (Å²) in [5.74, 6) is 0.0247. The maximum atomic E-state index is 10.7. The van der Waals surface area contributed by atoms with E-state index in [-0.39, 0.29) is 11.2 Å². The van der Waals surface area contributed by atoms with E-state index in [4.69, 9.17) is 0 Å². The van der Waals surface area contributed by atoms with Gasteiger partial charge in [-0.15, -0.1) is 0 Å². The zero-order chi connectivity index (χ0) is 6.15. The monoisotopic (exact) mass is 149 g/mol. The van der Waals surface area contributed by atoms with Crippen LogP contribution in [0.5, 0.6) is 0 Å². The van der Waals surface area contributed by atoms with Gasteiger partial charge in [-0.3, -0.25) is 9.10 Å². The Morgan fingerprint density at radius 2 is 2.38 bits per heavy atom. The van der Waals surface area contributed by atoms with E-state index in [1.165, 1.54) is 4.31 Å². The van der Waals surface area contributed by atoms with Gasteiger partial charge in [-0.2, -0.15) is 12.6 Å². The highest BCUT2D eigenvalue weighted by molar-refractivity contribution is 7.82. The maximum Gasteiger partial charge on any atom is 0.245 e. The van der Waals surface area contributed by atoms with Crippen LogP contribution in [0.15, 0.2) is 0 Å². The van der Waals surface area contributed by atoms with Gasteiger partial charge >= 0.3 is 0 Å². The largest absolute Gasteiger partial charge is 0.288 e. The molecule has 1 aliphatic rings. The quantitative estimate of drug-likeness (QED) is 0.477. The summed E-state index contributed by atoms with van der Waals surface area (Å²) in [6, 6.07) is 0. The molecule has 0 bridgehead atoms. The number of hydrogen-bond donors (Lipinski definition) is 2. The van der Waals surface area contributed by atoms with Gasteiger partial charge in [0.15, 0.2) is 0 Å². The second-order valence-corrected chi connectivity index (χ2v) is 2.87. The van der Waals surface area contributed by atoms with Crippen LogP contribution >= 0.6 is 25.4 Å².